The number of rotatable bonds is 6. The van der Waals surface area contributed by atoms with E-state index >= 15 is 0 Å². The van der Waals surface area contributed by atoms with Crippen LogP contribution in [0.25, 0.3) is 0 Å². The number of piperidine rings is 1. The van der Waals surface area contributed by atoms with Crippen LogP contribution in [0, 0.1) is 0 Å². The van der Waals surface area contributed by atoms with Gasteiger partial charge in [0.25, 0.3) is 0 Å². The molecule has 2 aliphatic rings. The summed E-state index contributed by atoms with van der Waals surface area (Å²) in [6, 6.07) is 0.823. The molecular formula is C15H29N3. The quantitative estimate of drug-likeness (QED) is 0.573. The Morgan fingerprint density at radius 3 is 3.00 bits per heavy atom. The highest BCUT2D eigenvalue weighted by Gasteiger charge is 2.28. The van der Waals surface area contributed by atoms with E-state index in [2.05, 4.69) is 28.6 Å². The molecule has 0 aromatic heterocycles. The zero-order valence-electron chi connectivity index (χ0n) is 12.0. The van der Waals surface area contributed by atoms with Crippen LogP contribution in [0.15, 0.2) is 12.2 Å². The van der Waals surface area contributed by atoms with Gasteiger partial charge < -0.3 is 5.32 Å². The minimum atomic E-state index is 0.823. The van der Waals surface area contributed by atoms with E-state index in [4.69, 9.17) is 0 Å². The molecule has 2 saturated heterocycles. The van der Waals surface area contributed by atoms with E-state index in [0.717, 1.165) is 25.7 Å². The summed E-state index contributed by atoms with van der Waals surface area (Å²) in [5, 5.41) is 3.44. The molecule has 1 N–H and O–H groups in total. The molecule has 104 valence electrons. The molecule has 0 aromatic rings. The Morgan fingerprint density at radius 1 is 1.28 bits per heavy atom. The lowest BCUT2D eigenvalue weighted by Gasteiger charge is -2.44. The van der Waals surface area contributed by atoms with E-state index in [-0.39, 0.29) is 0 Å². The van der Waals surface area contributed by atoms with Crippen LogP contribution >= 0.6 is 0 Å². The smallest absolute Gasteiger partial charge is 0.0223 e. The van der Waals surface area contributed by atoms with Crippen molar-refractivity contribution in [1.29, 1.82) is 0 Å². The maximum absolute atomic E-state index is 4.21. The Morgan fingerprint density at radius 2 is 2.17 bits per heavy atom. The molecule has 0 saturated carbocycles. The third-order valence-corrected chi connectivity index (χ3v) is 4.17. The zero-order chi connectivity index (χ0) is 12.8. The van der Waals surface area contributed by atoms with E-state index in [1.807, 2.05) is 0 Å². The van der Waals surface area contributed by atoms with Gasteiger partial charge in [0.2, 0.25) is 0 Å². The fourth-order valence-corrected chi connectivity index (χ4v) is 3.18. The lowest BCUT2D eigenvalue weighted by atomic mass is 9.99. The number of hydrogen-bond acceptors (Lipinski definition) is 3. The van der Waals surface area contributed by atoms with Gasteiger partial charge in [0.05, 0.1) is 0 Å². The molecule has 0 aromatic carbocycles. The molecule has 2 fully saturated rings. The molecule has 0 radical (unpaired) electrons. The fourth-order valence-electron chi connectivity index (χ4n) is 3.18. The molecule has 2 heterocycles. The lowest BCUT2D eigenvalue weighted by molar-refractivity contribution is 0.0538. The number of fused-ring (bicyclic) bond motifs is 1. The van der Waals surface area contributed by atoms with Crippen molar-refractivity contribution in [2.24, 2.45) is 0 Å². The number of hydrogen-bond donors (Lipinski definition) is 1. The molecule has 0 spiro atoms. The van der Waals surface area contributed by atoms with Crippen LogP contribution in [0.3, 0.4) is 0 Å². The van der Waals surface area contributed by atoms with Gasteiger partial charge in [-0.3, -0.25) is 9.80 Å². The van der Waals surface area contributed by atoms with Crippen LogP contribution in [0.2, 0.25) is 0 Å². The first-order valence-electron chi connectivity index (χ1n) is 7.63. The highest BCUT2D eigenvalue weighted by Crippen LogP contribution is 2.21. The summed E-state index contributed by atoms with van der Waals surface area (Å²) in [7, 11) is 0. The van der Waals surface area contributed by atoms with Gasteiger partial charge in [-0.25, -0.2) is 0 Å². The van der Waals surface area contributed by atoms with Crippen molar-refractivity contribution in [3.63, 3.8) is 0 Å². The van der Waals surface area contributed by atoms with Gasteiger partial charge in [-0.15, -0.1) is 0 Å². The molecule has 0 amide bonds. The second-order valence-corrected chi connectivity index (χ2v) is 5.85. The largest absolute Gasteiger partial charge is 0.313 e. The van der Waals surface area contributed by atoms with Gasteiger partial charge in [-0.05, 0) is 37.9 Å². The average Bonchev–Trinajstić information content (AvgIpc) is 2.39. The summed E-state index contributed by atoms with van der Waals surface area (Å²) >= 11 is 0. The van der Waals surface area contributed by atoms with Gasteiger partial charge in [-0.2, -0.15) is 0 Å². The maximum atomic E-state index is 4.21. The van der Waals surface area contributed by atoms with Crippen molar-refractivity contribution in [1.82, 2.24) is 15.1 Å². The molecule has 2 aliphatic heterocycles. The molecule has 1 unspecified atom stereocenters. The van der Waals surface area contributed by atoms with E-state index in [0.29, 0.717) is 0 Å². The lowest BCUT2D eigenvalue weighted by Crippen LogP contribution is -2.55. The van der Waals surface area contributed by atoms with E-state index in [1.54, 1.807) is 0 Å². The summed E-state index contributed by atoms with van der Waals surface area (Å²) < 4.78 is 0. The predicted octanol–water partition coefficient (Wildman–Crippen LogP) is 1.71. The summed E-state index contributed by atoms with van der Waals surface area (Å²) in [6.45, 7) is 14.7. The molecule has 3 nitrogen and oxygen atoms in total. The van der Waals surface area contributed by atoms with Crippen LogP contribution in [0.5, 0.6) is 0 Å². The van der Waals surface area contributed by atoms with Gasteiger partial charge >= 0.3 is 0 Å². The number of nitrogens with one attached hydrogen (secondary N) is 1. The first-order chi connectivity index (χ1) is 8.79. The third kappa shape index (κ3) is 4.08. The SMILES string of the molecule is C=C(CNCCC)CN1CCN2CCCCC2C1. The molecule has 2 rings (SSSR count). The molecule has 1 atom stereocenters. The highest BCUT2D eigenvalue weighted by molar-refractivity contribution is 5.01. The normalized spacial score (nSPS) is 25.9. The molecule has 0 bridgehead atoms. The number of piperazine rings is 1. The van der Waals surface area contributed by atoms with Crippen molar-refractivity contribution < 1.29 is 0 Å². The summed E-state index contributed by atoms with van der Waals surface area (Å²) in [5.74, 6) is 0. The molecule has 3 heteroatoms. The standard InChI is InChI=1S/C15H29N3/c1-3-7-16-11-14(2)12-17-9-10-18-8-5-4-6-15(18)13-17/h15-16H,2-13H2,1H3. The maximum Gasteiger partial charge on any atom is 0.0223 e. The molecule has 0 aliphatic carbocycles. The van der Waals surface area contributed by atoms with E-state index < -0.39 is 0 Å². The first-order valence-corrected chi connectivity index (χ1v) is 7.63. The Hall–Kier alpha value is -0.380. The van der Waals surface area contributed by atoms with Gasteiger partial charge in [0, 0.05) is 38.8 Å². The van der Waals surface area contributed by atoms with Crippen LogP contribution < -0.4 is 5.32 Å². The van der Waals surface area contributed by atoms with Gasteiger partial charge in [0.1, 0.15) is 0 Å². The summed E-state index contributed by atoms with van der Waals surface area (Å²) in [6.07, 6.45) is 5.43. The van der Waals surface area contributed by atoms with Gasteiger partial charge in [-0.1, -0.05) is 19.9 Å². The predicted molar refractivity (Wildman–Crippen MR) is 78.0 cm³/mol. The van der Waals surface area contributed by atoms with Crippen LogP contribution in [0.4, 0.5) is 0 Å². The minimum Gasteiger partial charge on any atom is -0.313 e. The first kappa shape index (κ1) is 14.0. The summed E-state index contributed by atoms with van der Waals surface area (Å²) in [4.78, 5) is 5.29. The van der Waals surface area contributed by atoms with Crippen molar-refractivity contribution >= 4 is 0 Å². The Balaban J connectivity index is 1.69. The monoisotopic (exact) mass is 251 g/mol. The Labute approximate surface area is 112 Å². The zero-order valence-corrected chi connectivity index (χ0v) is 12.0. The van der Waals surface area contributed by atoms with Crippen LogP contribution in [-0.2, 0) is 0 Å². The molecular weight excluding hydrogens is 222 g/mol. The minimum absolute atomic E-state index is 0.823. The van der Waals surface area contributed by atoms with E-state index in [1.165, 1.54) is 57.4 Å². The van der Waals surface area contributed by atoms with Crippen molar-refractivity contribution in [2.45, 2.75) is 38.6 Å². The second kappa shape index (κ2) is 7.27. The van der Waals surface area contributed by atoms with Crippen molar-refractivity contribution in [3.05, 3.63) is 12.2 Å². The Kier molecular flexibility index (Phi) is 5.67. The average molecular weight is 251 g/mol. The Bertz CT molecular complexity index is 264. The third-order valence-electron chi connectivity index (χ3n) is 4.17. The van der Waals surface area contributed by atoms with Crippen molar-refractivity contribution in [2.75, 3.05) is 45.8 Å². The molecule has 18 heavy (non-hydrogen) atoms. The summed E-state index contributed by atoms with van der Waals surface area (Å²) in [5.41, 5.74) is 1.34. The second-order valence-electron chi connectivity index (χ2n) is 5.85. The fraction of sp³-hybridized carbons (Fsp3) is 0.867. The topological polar surface area (TPSA) is 18.5 Å². The van der Waals surface area contributed by atoms with E-state index in [9.17, 15) is 0 Å². The van der Waals surface area contributed by atoms with Crippen molar-refractivity contribution in [3.8, 4) is 0 Å². The van der Waals surface area contributed by atoms with Gasteiger partial charge in [0.15, 0.2) is 0 Å². The van der Waals surface area contributed by atoms with Crippen LogP contribution in [0.1, 0.15) is 32.6 Å². The number of nitrogens with zero attached hydrogens (tertiary/aromatic N) is 2. The van der Waals surface area contributed by atoms with Crippen LogP contribution in [-0.4, -0.2) is 61.7 Å². The highest BCUT2D eigenvalue weighted by atomic mass is 15.3.